The van der Waals surface area contributed by atoms with Crippen LogP contribution in [0.5, 0.6) is 0 Å². The fraction of sp³-hybridized carbons (Fsp3) is 0.700. The van der Waals surface area contributed by atoms with Gasteiger partial charge >= 0.3 is 0 Å². The van der Waals surface area contributed by atoms with Crippen LogP contribution in [0.4, 0.5) is 5.82 Å². The van der Waals surface area contributed by atoms with Crippen LogP contribution in [0.1, 0.15) is 44.2 Å². The first-order valence-electron chi connectivity index (χ1n) is 10.5. The molecule has 1 unspecified atom stereocenters. The number of amides is 1. The molecule has 8 heteroatoms. The highest BCUT2D eigenvalue weighted by atomic mass is 16.5. The van der Waals surface area contributed by atoms with Crippen molar-refractivity contribution in [3.63, 3.8) is 0 Å². The molecular weight excluding hydrogens is 356 g/mol. The monoisotopic (exact) mass is 386 g/mol. The quantitative estimate of drug-likeness (QED) is 0.761. The van der Waals surface area contributed by atoms with Crippen LogP contribution in [0.3, 0.4) is 0 Å². The minimum absolute atomic E-state index is 0.00563. The Labute approximate surface area is 165 Å². The van der Waals surface area contributed by atoms with Gasteiger partial charge in [0.15, 0.2) is 0 Å². The maximum Gasteiger partial charge on any atom is 0.263 e. The summed E-state index contributed by atoms with van der Waals surface area (Å²) in [6.07, 6.45) is 8.41. The highest BCUT2D eigenvalue weighted by Gasteiger charge is 2.28. The Bertz CT molecular complexity index is 801. The zero-order valence-electron chi connectivity index (χ0n) is 16.7. The molecule has 4 rings (SSSR count). The van der Waals surface area contributed by atoms with Crippen LogP contribution in [0.2, 0.25) is 0 Å². The van der Waals surface area contributed by atoms with E-state index in [1.807, 2.05) is 6.92 Å². The lowest BCUT2D eigenvalue weighted by atomic mass is 9.97. The first-order valence-corrected chi connectivity index (χ1v) is 10.5. The van der Waals surface area contributed by atoms with Crippen LogP contribution >= 0.6 is 0 Å². The van der Waals surface area contributed by atoms with Gasteiger partial charge in [0.1, 0.15) is 17.5 Å². The molecule has 1 amide bonds. The molecule has 2 aliphatic rings. The fourth-order valence-corrected chi connectivity index (χ4v) is 4.37. The zero-order valence-corrected chi connectivity index (χ0v) is 16.7. The van der Waals surface area contributed by atoms with E-state index in [0.29, 0.717) is 12.3 Å². The van der Waals surface area contributed by atoms with Gasteiger partial charge < -0.3 is 19.6 Å². The van der Waals surface area contributed by atoms with Gasteiger partial charge in [-0.1, -0.05) is 11.6 Å². The van der Waals surface area contributed by atoms with E-state index in [1.165, 1.54) is 38.7 Å². The molecule has 0 aromatic carbocycles. The van der Waals surface area contributed by atoms with Gasteiger partial charge in [-0.15, -0.1) is 0 Å². The summed E-state index contributed by atoms with van der Waals surface area (Å²) < 4.78 is 5.26. The lowest BCUT2D eigenvalue weighted by Crippen LogP contribution is -2.44. The van der Waals surface area contributed by atoms with E-state index < -0.39 is 0 Å². The maximum atomic E-state index is 12.7. The predicted molar refractivity (Wildman–Crippen MR) is 107 cm³/mol. The van der Waals surface area contributed by atoms with E-state index in [1.54, 1.807) is 0 Å². The number of fused-ring (bicyclic) bond motifs is 1. The number of nitrogens with zero attached hydrogens (tertiary/aromatic N) is 5. The third-order valence-corrected chi connectivity index (χ3v) is 5.91. The van der Waals surface area contributed by atoms with Gasteiger partial charge in [0.05, 0.1) is 11.6 Å². The molecule has 2 aromatic rings. The van der Waals surface area contributed by atoms with Gasteiger partial charge in [-0.3, -0.25) is 4.79 Å². The van der Waals surface area contributed by atoms with Crippen LogP contribution < -0.4 is 10.2 Å². The van der Waals surface area contributed by atoms with E-state index in [4.69, 9.17) is 4.52 Å². The molecule has 0 spiro atoms. The SMILES string of the molecule is Cc1noc2ncnc(N3CCCC(C(=O)NCCCN4CCCCC4)C3)c12. The largest absolute Gasteiger partial charge is 0.356 e. The van der Waals surface area contributed by atoms with Gasteiger partial charge in [0.2, 0.25) is 5.91 Å². The molecule has 2 aromatic heterocycles. The zero-order chi connectivity index (χ0) is 19.3. The minimum Gasteiger partial charge on any atom is -0.356 e. The van der Waals surface area contributed by atoms with Crippen molar-refractivity contribution in [2.45, 2.75) is 45.4 Å². The van der Waals surface area contributed by atoms with Gasteiger partial charge in [0.25, 0.3) is 5.71 Å². The number of likely N-dealkylation sites (tertiary alicyclic amines) is 1. The van der Waals surface area contributed by atoms with E-state index in [0.717, 1.165) is 55.8 Å². The van der Waals surface area contributed by atoms with Crippen molar-refractivity contribution in [1.82, 2.24) is 25.3 Å². The van der Waals surface area contributed by atoms with Crippen LogP contribution in [0.25, 0.3) is 11.1 Å². The summed E-state index contributed by atoms with van der Waals surface area (Å²) in [6.45, 7) is 7.72. The first-order chi connectivity index (χ1) is 13.7. The highest BCUT2D eigenvalue weighted by molar-refractivity contribution is 5.88. The topological polar surface area (TPSA) is 87.4 Å². The number of carbonyl (C=O) groups is 1. The second-order valence-corrected chi connectivity index (χ2v) is 7.98. The van der Waals surface area contributed by atoms with E-state index in [-0.39, 0.29) is 11.8 Å². The van der Waals surface area contributed by atoms with Crippen molar-refractivity contribution in [3.8, 4) is 0 Å². The Morgan fingerprint density at radius 1 is 1.21 bits per heavy atom. The summed E-state index contributed by atoms with van der Waals surface area (Å²) >= 11 is 0. The van der Waals surface area contributed by atoms with Gasteiger partial charge in [-0.05, 0) is 58.7 Å². The lowest BCUT2D eigenvalue weighted by Gasteiger charge is -2.33. The summed E-state index contributed by atoms with van der Waals surface area (Å²) in [4.78, 5) is 26.0. The molecule has 2 aliphatic heterocycles. The van der Waals surface area contributed by atoms with Crippen LogP contribution in [0, 0.1) is 12.8 Å². The number of hydrogen-bond donors (Lipinski definition) is 1. The van der Waals surface area contributed by atoms with E-state index >= 15 is 0 Å². The summed E-state index contributed by atoms with van der Waals surface area (Å²) in [5.74, 6) is 0.982. The average molecular weight is 387 g/mol. The second kappa shape index (κ2) is 8.86. The summed E-state index contributed by atoms with van der Waals surface area (Å²) in [5, 5.41) is 8.01. The Hall–Kier alpha value is -2.22. The molecule has 4 heterocycles. The molecular formula is C20H30N6O2. The maximum absolute atomic E-state index is 12.7. The highest BCUT2D eigenvalue weighted by Crippen LogP contribution is 2.29. The summed E-state index contributed by atoms with van der Waals surface area (Å²) in [7, 11) is 0. The average Bonchev–Trinajstić information content (AvgIpc) is 3.13. The lowest BCUT2D eigenvalue weighted by molar-refractivity contribution is -0.125. The Morgan fingerprint density at radius 3 is 2.93 bits per heavy atom. The predicted octanol–water partition coefficient (Wildman–Crippen LogP) is 2.13. The molecule has 1 N–H and O–H groups in total. The van der Waals surface area contributed by atoms with Crippen molar-refractivity contribution in [3.05, 3.63) is 12.0 Å². The first kappa shape index (κ1) is 19.1. The Morgan fingerprint density at radius 2 is 2.07 bits per heavy atom. The molecule has 8 nitrogen and oxygen atoms in total. The number of piperidine rings is 2. The van der Waals surface area contributed by atoms with Gasteiger partial charge in [0, 0.05) is 19.6 Å². The number of hydrogen-bond acceptors (Lipinski definition) is 7. The van der Waals surface area contributed by atoms with Crippen molar-refractivity contribution in [2.75, 3.05) is 44.2 Å². The molecule has 1 atom stereocenters. The number of carbonyl (C=O) groups excluding carboxylic acids is 1. The number of aromatic nitrogens is 3. The third-order valence-electron chi connectivity index (χ3n) is 5.91. The molecule has 152 valence electrons. The Balaban J connectivity index is 1.30. The Kier molecular flexibility index (Phi) is 6.04. The van der Waals surface area contributed by atoms with Gasteiger partial charge in [-0.2, -0.15) is 4.98 Å². The fourth-order valence-electron chi connectivity index (χ4n) is 4.37. The van der Waals surface area contributed by atoms with Crippen LogP contribution in [-0.4, -0.2) is 65.2 Å². The molecule has 28 heavy (non-hydrogen) atoms. The van der Waals surface area contributed by atoms with E-state index in [9.17, 15) is 4.79 Å². The number of anilines is 1. The van der Waals surface area contributed by atoms with Crippen molar-refractivity contribution in [1.29, 1.82) is 0 Å². The van der Waals surface area contributed by atoms with Gasteiger partial charge in [-0.25, -0.2) is 4.98 Å². The second-order valence-electron chi connectivity index (χ2n) is 7.98. The number of nitrogens with one attached hydrogen (secondary N) is 1. The standard InChI is InChI=1S/C20H30N6O2/c1-15-17-18(22-14-23-20(17)28-24-15)26-12-5-7-16(13-26)19(27)21-8-6-11-25-9-3-2-4-10-25/h14,16H,2-13H2,1H3,(H,21,27). The van der Waals surface area contributed by atoms with Crippen LogP contribution in [-0.2, 0) is 4.79 Å². The smallest absolute Gasteiger partial charge is 0.263 e. The molecule has 0 bridgehead atoms. The molecule has 0 saturated carbocycles. The molecule has 2 fully saturated rings. The van der Waals surface area contributed by atoms with Crippen molar-refractivity contribution in [2.24, 2.45) is 5.92 Å². The molecule has 0 radical (unpaired) electrons. The minimum atomic E-state index is -0.00563. The number of aryl methyl sites for hydroxylation is 1. The molecule has 0 aliphatic carbocycles. The molecule has 2 saturated heterocycles. The van der Waals surface area contributed by atoms with Crippen molar-refractivity contribution >= 4 is 22.8 Å². The summed E-state index contributed by atoms with van der Waals surface area (Å²) in [6, 6.07) is 0. The normalized spacial score (nSPS) is 21.2. The number of rotatable bonds is 6. The third kappa shape index (κ3) is 4.27. The van der Waals surface area contributed by atoms with Crippen molar-refractivity contribution < 1.29 is 9.32 Å². The summed E-state index contributed by atoms with van der Waals surface area (Å²) in [5.41, 5.74) is 1.29. The van der Waals surface area contributed by atoms with E-state index in [2.05, 4.69) is 30.2 Å². The van der Waals surface area contributed by atoms with Crippen LogP contribution in [0.15, 0.2) is 10.9 Å².